The van der Waals surface area contributed by atoms with Crippen molar-refractivity contribution in [2.45, 2.75) is 34.1 Å². The van der Waals surface area contributed by atoms with Crippen molar-refractivity contribution in [3.8, 4) is 0 Å². The molecule has 0 radical (unpaired) electrons. The maximum absolute atomic E-state index is 11.5. The number of hydrogen-bond donors (Lipinski definition) is 1. The molecule has 0 aromatic heterocycles. The van der Waals surface area contributed by atoms with E-state index in [0.717, 1.165) is 6.42 Å². The van der Waals surface area contributed by atoms with E-state index in [1.807, 2.05) is 13.8 Å². The average molecular weight is 172 g/mol. The molecule has 72 valence electrons. The molecule has 0 unspecified atom stereocenters. The van der Waals surface area contributed by atoms with Crippen LogP contribution in [0.5, 0.6) is 0 Å². The fourth-order valence-electron chi connectivity index (χ4n) is 1.59. The number of hydrazine groups is 1. The number of nitrogens with two attached hydrogens (primary N) is 1. The molecule has 3 heteroatoms. The third-order valence-electron chi connectivity index (χ3n) is 1.82. The van der Waals surface area contributed by atoms with Gasteiger partial charge in [0.1, 0.15) is 0 Å². The van der Waals surface area contributed by atoms with Gasteiger partial charge in [-0.05, 0) is 12.3 Å². The van der Waals surface area contributed by atoms with E-state index in [2.05, 4.69) is 13.8 Å². The number of rotatable bonds is 3. The highest BCUT2D eigenvalue weighted by Crippen LogP contribution is 2.26. The molecule has 0 aliphatic rings. The number of carbonyl (C=O) groups is 1. The van der Waals surface area contributed by atoms with Gasteiger partial charge in [0, 0.05) is 12.5 Å². The lowest BCUT2D eigenvalue weighted by Gasteiger charge is -2.28. The van der Waals surface area contributed by atoms with Crippen LogP contribution in [0.1, 0.15) is 34.1 Å². The van der Waals surface area contributed by atoms with Gasteiger partial charge in [0.25, 0.3) is 0 Å². The summed E-state index contributed by atoms with van der Waals surface area (Å²) in [6.07, 6.45) is 0.868. The minimum Gasteiger partial charge on any atom is -0.283 e. The van der Waals surface area contributed by atoms with Crippen molar-refractivity contribution in [3.05, 3.63) is 0 Å². The smallest absolute Gasteiger partial charge is 0.241 e. The van der Waals surface area contributed by atoms with Crippen molar-refractivity contribution in [1.82, 2.24) is 5.01 Å². The molecule has 0 aliphatic carbocycles. The summed E-state index contributed by atoms with van der Waals surface area (Å²) in [5.41, 5.74) is -0.336. The van der Waals surface area contributed by atoms with E-state index in [0.29, 0.717) is 5.92 Å². The van der Waals surface area contributed by atoms with Gasteiger partial charge in [-0.3, -0.25) is 9.80 Å². The zero-order valence-corrected chi connectivity index (χ0v) is 8.72. The second-order valence-corrected chi connectivity index (χ2v) is 4.40. The Morgan fingerprint density at radius 2 is 1.92 bits per heavy atom. The first-order valence-electron chi connectivity index (χ1n) is 4.30. The van der Waals surface area contributed by atoms with Crippen molar-refractivity contribution in [3.63, 3.8) is 0 Å². The van der Waals surface area contributed by atoms with Crippen molar-refractivity contribution in [2.75, 3.05) is 7.05 Å². The Hall–Kier alpha value is -0.570. The molecule has 2 N–H and O–H groups in total. The molecule has 0 spiro atoms. The van der Waals surface area contributed by atoms with Crippen LogP contribution in [-0.2, 0) is 4.79 Å². The summed E-state index contributed by atoms with van der Waals surface area (Å²) in [7, 11) is 1.59. The third-order valence-corrected chi connectivity index (χ3v) is 1.82. The Morgan fingerprint density at radius 3 is 2.17 bits per heavy atom. The summed E-state index contributed by atoms with van der Waals surface area (Å²) in [5, 5.41) is 1.17. The number of hydrogen-bond acceptors (Lipinski definition) is 2. The van der Waals surface area contributed by atoms with E-state index < -0.39 is 0 Å². The topological polar surface area (TPSA) is 46.3 Å². The highest BCUT2D eigenvalue weighted by Gasteiger charge is 2.29. The van der Waals surface area contributed by atoms with Gasteiger partial charge in [-0.25, -0.2) is 5.84 Å². The summed E-state index contributed by atoms with van der Waals surface area (Å²) in [4.78, 5) is 11.5. The molecule has 0 aromatic carbocycles. The van der Waals surface area contributed by atoms with E-state index in [-0.39, 0.29) is 11.3 Å². The first kappa shape index (κ1) is 11.4. The molecule has 0 aromatic rings. The Labute approximate surface area is 74.9 Å². The lowest BCUT2D eigenvalue weighted by Crippen LogP contribution is -2.43. The zero-order valence-electron chi connectivity index (χ0n) is 8.72. The number of nitrogens with zero attached hydrogens (tertiary/aromatic N) is 1. The Morgan fingerprint density at radius 1 is 1.50 bits per heavy atom. The van der Waals surface area contributed by atoms with Crippen LogP contribution in [-0.4, -0.2) is 18.0 Å². The Bertz CT molecular complexity index is 162. The molecule has 0 saturated carbocycles. The number of carbonyl (C=O) groups excluding carboxylic acids is 1. The first-order chi connectivity index (χ1) is 5.27. The Balaban J connectivity index is 4.29. The van der Waals surface area contributed by atoms with Gasteiger partial charge in [0.2, 0.25) is 5.91 Å². The van der Waals surface area contributed by atoms with E-state index in [4.69, 9.17) is 5.84 Å². The van der Waals surface area contributed by atoms with Crippen LogP contribution in [0.15, 0.2) is 0 Å². The maximum Gasteiger partial charge on any atom is 0.241 e. The molecule has 12 heavy (non-hydrogen) atoms. The van der Waals surface area contributed by atoms with Crippen molar-refractivity contribution in [1.29, 1.82) is 0 Å². The molecule has 0 aliphatic heterocycles. The summed E-state index contributed by atoms with van der Waals surface area (Å²) < 4.78 is 0. The van der Waals surface area contributed by atoms with Crippen molar-refractivity contribution in [2.24, 2.45) is 17.2 Å². The minimum absolute atomic E-state index is 0.00352. The van der Waals surface area contributed by atoms with Crippen LogP contribution in [0.4, 0.5) is 0 Å². The third kappa shape index (κ3) is 3.22. The monoisotopic (exact) mass is 172 g/mol. The molecule has 0 heterocycles. The van der Waals surface area contributed by atoms with Crippen molar-refractivity contribution < 1.29 is 4.79 Å². The SMILES string of the molecule is CC(C)CC(C)(C)C(=O)N(C)N. The fourth-order valence-corrected chi connectivity index (χ4v) is 1.59. The van der Waals surface area contributed by atoms with Gasteiger partial charge >= 0.3 is 0 Å². The Kier molecular flexibility index (Phi) is 3.71. The predicted octanol–water partition coefficient (Wildman–Crippen LogP) is 1.39. The zero-order chi connectivity index (χ0) is 9.94. The van der Waals surface area contributed by atoms with E-state index in [9.17, 15) is 4.79 Å². The van der Waals surface area contributed by atoms with Gasteiger partial charge in [-0.2, -0.15) is 0 Å². The summed E-state index contributed by atoms with van der Waals surface area (Å²) >= 11 is 0. The van der Waals surface area contributed by atoms with Crippen LogP contribution in [0.3, 0.4) is 0 Å². The second kappa shape index (κ2) is 3.90. The average Bonchev–Trinajstić information content (AvgIpc) is 1.82. The van der Waals surface area contributed by atoms with Gasteiger partial charge < -0.3 is 0 Å². The molecule has 0 bridgehead atoms. The van der Waals surface area contributed by atoms with Crippen LogP contribution < -0.4 is 5.84 Å². The largest absolute Gasteiger partial charge is 0.283 e. The first-order valence-corrected chi connectivity index (χ1v) is 4.30. The molecule has 0 rings (SSSR count). The van der Waals surface area contributed by atoms with E-state index >= 15 is 0 Å². The summed E-state index contributed by atoms with van der Waals surface area (Å²) in [6, 6.07) is 0. The molecule has 0 fully saturated rings. The molecular formula is C9H20N2O. The quantitative estimate of drug-likeness (QED) is 0.397. The van der Waals surface area contributed by atoms with E-state index in [1.165, 1.54) is 5.01 Å². The normalized spacial score (nSPS) is 11.9. The van der Waals surface area contributed by atoms with Crippen LogP contribution >= 0.6 is 0 Å². The predicted molar refractivity (Wildman–Crippen MR) is 50.2 cm³/mol. The van der Waals surface area contributed by atoms with Crippen LogP contribution in [0.2, 0.25) is 0 Å². The molecular weight excluding hydrogens is 152 g/mol. The van der Waals surface area contributed by atoms with E-state index in [1.54, 1.807) is 7.05 Å². The van der Waals surface area contributed by atoms with Gasteiger partial charge in [0.15, 0.2) is 0 Å². The molecule has 0 saturated heterocycles. The van der Waals surface area contributed by atoms with Crippen molar-refractivity contribution >= 4 is 5.91 Å². The highest BCUT2D eigenvalue weighted by molar-refractivity contribution is 5.81. The standard InChI is InChI=1S/C9H20N2O/c1-7(2)6-9(3,4)8(12)11(5)10/h7H,6,10H2,1-5H3. The summed E-state index contributed by atoms with van der Waals surface area (Å²) in [6.45, 7) is 8.06. The fraction of sp³-hybridized carbons (Fsp3) is 0.889. The van der Waals surface area contributed by atoms with Gasteiger partial charge in [-0.1, -0.05) is 27.7 Å². The molecule has 0 atom stereocenters. The summed E-state index contributed by atoms with van der Waals surface area (Å²) in [5.74, 6) is 5.90. The highest BCUT2D eigenvalue weighted by atomic mass is 16.2. The van der Waals surface area contributed by atoms with Crippen LogP contribution in [0, 0.1) is 11.3 Å². The second-order valence-electron chi connectivity index (χ2n) is 4.40. The lowest BCUT2D eigenvalue weighted by molar-refractivity contribution is -0.140. The van der Waals surface area contributed by atoms with Gasteiger partial charge in [-0.15, -0.1) is 0 Å². The minimum atomic E-state index is -0.336. The van der Waals surface area contributed by atoms with Crippen LogP contribution in [0.25, 0.3) is 0 Å². The lowest BCUT2D eigenvalue weighted by atomic mass is 9.83. The van der Waals surface area contributed by atoms with Gasteiger partial charge in [0.05, 0.1) is 0 Å². The maximum atomic E-state index is 11.5. The number of amides is 1. The molecule has 1 amide bonds. The molecule has 3 nitrogen and oxygen atoms in total.